The Morgan fingerprint density at radius 3 is 2.86 bits per heavy atom. The van der Waals surface area contributed by atoms with E-state index in [9.17, 15) is 0 Å². The molecule has 1 N–H and O–H groups in total. The van der Waals surface area contributed by atoms with Crippen LogP contribution >= 0.6 is 0 Å². The van der Waals surface area contributed by atoms with Gasteiger partial charge in [0.25, 0.3) is 0 Å². The van der Waals surface area contributed by atoms with Crippen molar-refractivity contribution in [1.29, 1.82) is 0 Å². The first kappa shape index (κ1) is 14.9. The Morgan fingerprint density at radius 2 is 2.05 bits per heavy atom. The molecule has 2 aliphatic rings. The van der Waals surface area contributed by atoms with Gasteiger partial charge in [0.2, 0.25) is 0 Å². The van der Waals surface area contributed by atoms with Crippen LogP contribution in [0.4, 0.5) is 0 Å². The smallest absolute Gasteiger partial charge is 0.122 e. The first-order chi connectivity index (χ1) is 10.3. The summed E-state index contributed by atoms with van der Waals surface area (Å²) in [5, 5.41) is 3.55. The molecule has 3 nitrogen and oxygen atoms in total. The number of methoxy groups -OCH3 is 1. The van der Waals surface area contributed by atoms with Crippen molar-refractivity contribution >= 4 is 0 Å². The Labute approximate surface area is 128 Å². The monoisotopic (exact) mass is 289 g/mol. The number of hydrogen-bond acceptors (Lipinski definition) is 3. The van der Waals surface area contributed by atoms with Crippen molar-refractivity contribution in [3.63, 3.8) is 0 Å². The summed E-state index contributed by atoms with van der Waals surface area (Å²) < 4.78 is 11.7. The first-order valence-corrected chi connectivity index (χ1v) is 8.32. The molecule has 1 aromatic carbocycles. The maximum absolute atomic E-state index is 6.32. The van der Waals surface area contributed by atoms with E-state index in [2.05, 4.69) is 17.4 Å². The van der Waals surface area contributed by atoms with Crippen LogP contribution in [0.2, 0.25) is 0 Å². The molecule has 3 rings (SSSR count). The van der Waals surface area contributed by atoms with Crippen molar-refractivity contribution in [3.8, 4) is 5.75 Å². The zero-order valence-electron chi connectivity index (χ0n) is 13.1. The molecule has 0 amide bonds. The van der Waals surface area contributed by atoms with Gasteiger partial charge in [0.1, 0.15) is 5.75 Å². The number of para-hydroxylation sites is 1. The number of benzene rings is 1. The van der Waals surface area contributed by atoms with E-state index < -0.39 is 0 Å². The molecule has 0 aromatic heterocycles. The molecule has 0 bridgehead atoms. The van der Waals surface area contributed by atoms with Crippen molar-refractivity contribution in [2.45, 2.75) is 56.7 Å². The highest BCUT2D eigenvalue weighted by molar-refractivity contribution is 5.33. The third kappa shape index (κ3) is 3.58. The lowest BCUT2D eigenvalue weighted by Crippen LogP contribution is -2.32. The van der Waals surface area contributed by atoms with Gasteiger partial charge >= 0.3 is 0 Å². The Bertz CT molecular complexity index is 454. The van der Waals surface area contributed by atoms with Crippen molar-refractivity contribution < 1.29 is 9.47 Å². The summed E-state index contributed by atoms with van der Waals surface area (Å²) in [5.41, 5.74) is 1.53. The highest BCUT2D eigenvalue weighted by atomic mass is 16.5. The molecule has 3 heteroatoms. The van der Waals surface area contributed by atoms with Crippen molar-refractivity contribution in [2.24, 2.45) is 0 Å². The average molecular weight is 289 g/mol. The highest BCUT2D eigenvalue weighted by Crippen LogP contribution is 2.43. The van der Waals surface area contributed by atoms with E-state index in [0.717, 1.165) is 25.3 Å². The van der Waals surface area contributed by atoms with Gasteiger partial charge in [-0.05, 0) is 50.3 Å². The van der Waals surface area contributed by atoms with Crippen LogP contribution < -0.4 is 10.1 Å². The SMILES string of the molecule is COc1ccccc1CCNCC1CCC2(CCCC2)O1. The van der Waals surface area contributed by atoms with Gasteiger partial charge in [-0.3, -0.25) is 0 Å². The maximum atomic E-state index is 6.32. The quantitative estimate of drug-likeness (QED) is 0.815. The lowest BCUT2D eigenvalue weighted by molar-refractivity contribution is -0.0349. The molecule has 1 atom stereocenters. The minimum Gasteiger partial charge on any atom is -0.496 e. The van der Waals surface area contributed by atoms with E-state index in [1.807, 2.05) is 12.1 Å². The molecule has 0 radical (unpaired) electrons. The molecule has 1 spiro atoms. The fourth-order valence-corrected chi connectivity index (χ4v) is 3.82. The largest absolute Gasteiger partial charge is 0.496 e. The van der Waals surface area contributed by atoms with Gasteiger partial charge in [-0.25, -0.2) is 0 Å². The van der Waals surface area contributed by atoms with E-state index in [1.165, 1.54) is 44.1 Å². The Hall–Kier alpha value is -1.06. The van der Waals surface area contributed by atoms with Crippen LogP contribution in [-0.2, 0) is 11.2 Å². The third-order valence-electron chi connectivity index (χ3n) is 4.99. The molecule has 116 valence electrons. The van der Waals surface area contributed by atoms with Crippen LogP contribution in [0.25, 0.3) is 0 Å². The minimum absolute atomic E-state index is 0.259. The summed E-state index contributed by atoms with van der Waals surface area (Å²) >= 11 is 0. The zero-order chi connectivity index (χ0) is 14.5. The minimum atomic E-state index is 0.259. The number of hydrogen-bond donors (Lipinski definition) is 1. The highest BCUT2D eigenvalue weighted by Gasteiger charge is 2.41. The lowest BCUT2D eigenvalue weighted by atomic mass is 9.98. The lowest BCUT2D eigenvalue weighted by Gasteiger charge is -2.24. The molecular weight excluding hydrogens is 262 g/mol. The van der Waals surface area contributed by atoms with E-state index >= 15 is 0 Å². The fraction of sp³-hybridized carbons (Fsp3) is 0.667. The Morgan fingerprint density at radius 1 is 1.24 bits per heavy atom. The summed E-state index contributed by atoms with van der Waals surface area (Å²) in [4.78, 5) is 0. The van der Waals surface area contributed by atoms with Gasteiger partial charge in [-0.1, -0.05) is 31.0 Å². The Balaban J connectivity index is 1.39. The normalized spacial score (nSPS) is 23.8. The number of rotatable bonds is 6. The van der Waals surface area contributed by atoms with Crippen LogP contribution in [0, 0.1) is 0 Å². The van der Waals surface area contributed by atoms with E-state index in [1.54, 1.807) is 7.11 Å². The van der Waals surface area contributed by atoms with Gasteiger partial charge in [0.05, 0.1) is 18.8 Å². The predicted octanol–water partition coefficient (Wildman–Crippen LogP) is 3.32. The molecule has 1 saturated heterocycles. The molecule has 21 heavy (non-hydrogen) atoms. The number of ether oxygens (including phenoxy) is 2. The fourth-order valence-electron chi connectivity index (χ4n) is 3.82. The van der Waals surface area contributed by atoms with Crippen LogP contribution in [0.15, 0.2) is 24.3 Å². The van der Waals surface area contributed by atoms with Gasteiger partial charge in [-0.15, -0.1) is 0 Å². The summed E-state index contributed by atoms with van der Waals surface area (Å²) in [6, 6.07) is 8.25. The maximum Gasteiger partial charge on any atom is 0.122 e. The molecule has 1 saturated carbocycles. The Kier molecular flexibility index (Phi) is 4.81. The van der Waals surface area contributed by atoms with Crippen LogP contribution in [0.5, 0.6) is 5.75 Å². The zero-order valence-corrected chi connectivity index (χ0v) is 13.1. The van der Waals surface area contributed by atoms with E-state index in [4.69, 9.17) is 9.47 Å². The molecule has 1 unspecified atom stereocenters. The van der Waals surface area contributed by atoms with Gasteiger partial charge in [-0.2, -0.15) is 0 Å². The third-order valence-corrected chi connectivity index (χ3v) is 4.99. The van der Waals surface area contributed by atoms with Crippen molar-refractivity contribution in [2.75, 3.05) is 20.2 Å². The second kappa shape index (κ2) is 6.80. The van der Waals surface area contributed by atoms with Crippen LogP contribution in [0.3, 0.4) is 0 Å². The van der Waals surface area contributed by atoms with Gasteiger partial charge < -0.3 is 14.8 Å². The summed E-state index contributed by atoms with van der Waals surface area (Å²) in [6.07, 6.45) is 9.19. The van der Waals surface area contributed by atoms with Gasteiger partial charge in [0, 0.05) is 6.54 Å². The average Bonchev–Trinajstić information content (AvgIpc) is 3.14. The first-order valence-electron chi connectivity index (χ1n) is 8.32. The molecule has 1 heterocycles. The van der Waals surface area contributed by atoms with Crippen LogP contribution in [0.1, 0.15) is 44.1 Å². The number of nitrogens with one attached hydrogen (secondary N) is 1. The topological polar surface area (TPSA) is 30.5 Å². The molecule has 1 aromatic rings. The standard InChI is InChI=1S/C18H27NO2/c1-20-17-7-3-2-6-15(17)9-13-19-14-16-8-12-18(21-16)10-4-5-11-18/h2-3,6-7,16,19H,4-5,8-14H2,1H3. The summed E-state index contributed by atoms with van der Waals surface area (Å²) in [7, 11) is 1.74. The second-order valence-electron chi connectivity index (χ2n) is 6.43. The molecule has 1 aliphatic carbocycles. The van der Waals surface area contributed by atoms with E-state index in [-0.39, 0.29) is 5.60 Å². The molecule has 1 aliphatic heterocycles. The summed E-state index contributed by atoms with van der Waals surface area (Å²) in [6.45, 7) is 1.96. The van der Waals surface area contributed by atoms with Crippen molar-refractivity contribution in [1.82, 2.24) is 5.32 Å². The van der Waals surface area contributed by atoms with E-state index in [0.29, 0.717) is 6.10 Å². The van der Waals surface area contributed by atoms with Gasteiger partial charge in [0.15, 0.2) is 0 Å². The molecule has 2 fully saturated rings. The second-order valence-corrected chi connectivity index (χ2v) is 6.43. The van der Waals surface area contributed by atoms with Crippen LogP contribution in [-0.4, -0.2) is 31.9 Å². The predicted molar refractivity (Wildman–Crippen MR) is 84.9 cm³/mol. The molecular formula is C18H27NO2. The summed E-state index contributed by atoms with van der Waals surface area (Å²) in [5.74, 6) is 0.987. The van der Waals surface area contributed by atoms with Crippen molar-refractivity contribution in [3.05, 3.63) is 29.8 Å².